The Morgan fingerprint density at radius 2 is 0.229 bits per heavy atom. The summed E-state index contributed by atoms with van der Waals surface area (Å²) in [6.45, 7) is 43.6. The van der Waals surface area contributed by atoms with Gasteiger partial charge in [-0.3, -0.25) is 0 Å². The van der Waals surface area contributed by atoms with Crippen LogP contribution >= 0.6 is 0 Å². The zero-order valence-corrected chi connectivity index (χ0v) is 40.6. The number of hydrogen-bond donors (Lipinski definition) is 0. The van der Waals surface area contributed by atoms with Gasteiger partial charge in [-0.1, -0.05) is 236 Å². The minimum Gasteiger partial charge on any atom is -0.0631 e. The fourth-order valence-corrected chi connectivity index (χ4v) is 50.3. The minimum absolute atomic E-state index is 1.81. The first-order chi connectivity index (χ1) is 21.8. The van der Waals surface area contributed by atoms with Gasteiger partial charge in [-0.15, -0.1) is 0 Å². The second-order valence-electron chi connectivity index (χ2n) is 20.8. The Morgan fingerprint density at radius 3 is 0.292 bits per heavy atom. The second-order valence-corrected chi connectivity index (χ2v) is 55.4. The molecule has 8 rings (SSSR count). The van der Waals surface area contributed by atoms with Crippen LogP contribution in [-0.4, -0.2) is 64.6 Å². The summed E-state index contributed by atoms with van der Waals surface area (Å²) in [7, 11) is -15.7. The Hall–Kier alpha value is -1.38. The molecule has 248 valence electrons. The quantitative estimate of drug-likeness (QED) is 0.219. The number of fused-ring (bicyclic) bond motifs is 8. The molecule has 0 amide bonds. The molecule has 0 aromatic heterocycles. The monoisotopic (exact) mass is 760 g/mol. The van der Waals surface area contributed by atoms with Crippen molar-refractivity contribution in [3.05, 3.63) is 48.5 Å². The van der Waals surface area contributed by atoms with Crippen LogP contribution in [-0.2, 0) is 0 Å². The molecule has 0 fully saturated rings. The van der Waals surface area contributed by atoms with Gasteiger partial charge in [0.25, 0.3) is 0 Å². The third kappa shape index (κ3) is 3.37. The molecule has 0 nitrogen and oxygen atoms in total. The molecule has 0 saturated heterocycles. The van der Waals surface area contributed by atoms with Gasteiger partial charge in [0.2, 0.25) is 0 Å². The van der Waals surface area contributed by atoms with Crippen LogP contribution < -0.4 is 83.0 Å². The Morgan fingerprint density at radius 1 is 0.167 bits per heavy atom. The minimum atomic E-state index is -1.96. The predicted octanol–water partition coefficient (Wildman–Crippen LogP) is -0.166. The molecule has 0 aliphatic carbocycles. The first kappa shape index (κ1) is 32.5. The van der Waals surface area contributed by atoms with E-state index in [1.165, 1.54) is 0 Å². The highest BCUT2D eigenvalue weighted by Gasteiger charge is 2.55. The van der Waals surface area contributed by atoms with Gasteiger partial charge in [0.05, 0.1) is 0 Å². The largest absolute Gasteiger partial charge is 0.111 e. The highest BCUT2D eigenvalue weighted by molar-refractivity contribution is 7.23. The molecule has 0 atom stereocenters. The lowest BCUT2D eigenvalue weighted by atomic mass is 10.3. The van der Waals surface area contributed by atoms with Crippen LogP contribution in [0.1, 0.15) is 0 Å². The van der Waals surface area contributed by atoms with E-state index >= 15 is 0 Å². The summed E-state index contributed by atoms with van der Waals surface area (Å²) in [5.41, 5.74) is 0. The molecule has 8 heteroatoms. The molecule has 4 aliphatic heterocycles. The zero-order chi connectivity index (χ0) is 34.9. The molecule has 0 N–H and O–H groups in total. The summed E-state index contributed by atoms with van der Waals surface area (Å²) < 4.78 is 0. The van der Waals surface area contributed by atoms with E-state index in [1.54, 1.807) is 0 Å². The van der Waals surface area contributed by atoms with Crippen molar-refractivity contribution in [2.75, 3.05) is 0 Å². The lowest BCUT2D eigenvalue weighted by molar-refractivity contribution is 1.60. The fourth-order valence-electron chi connectivity index (χ4n) is 11.8. The van der Waals surface area contributed by atoms with Crippen LogP contribution in [0, 0.1) is 0 Å². The topological polar surface area (TPSA) is 0 Å². The average molecular weight is 762 g/mol. The van der Waals surface area contributed by atoms with Crippen LogP contribution in [0.2, 0.25) is 105 Å². The van der Waals surface area contributed by atoms with Crippen molar-refractivity contribution in [3.8, 4) is 0 Å². The maximum absolute atomic E-state index is 2.91. The summed E-state index contributed by atoms with van der Waals surface area (Å²) in [6.07, 6.45) is 0. The smallest absolute Gasteiger partial charge is 0.0631 e. The molecule has 0 radical (unpaired) electrons. The van der Waals surface area contributed by atoms with E-state index in [1.807, 2.05) is 83.0 Å². The van der Waals surface area contributed by atoms with E-state index in [0.29, 0.717) is 0 Å². The fraction of sp³-hybridized carbons (Fsp3) is 0.400. The van der Waals surface area contributed by atoms with Gasteiger partial charge in [0, 0.05) is 0 Å². The highest BCUT2D eigenvalue weighted by atomic mass is 28.3. The molecular weight excluding hydrogens is 705 g/mol. The Labute approximate surface area is 298 Å². The molecule has 0 unspecified atom stereocenters. The molecule has 0 saturated carbocycles. The van der Waals surface area contributed by atoms with Crippen molar-refractivity contribution >= 4 is 148 Å². The standard InChI is InChI=1S/C40H56Si8/c1-41(2)25-17-29-31-19-27(25)42(3,4)28-20-32-30(18-26(28)41)44(7,8)34-22-38-40(24-36(34)46(32,11)12)48(15,16)39-23-35(45(31,9)10)33(43(29,5)6)21-37(39)47(38,13)14/h17-24H,1-16H3. The summed E-state index contributed by atoms with van der Waals surface area (Å²) in [6, 6.07) is 23.3. The Balaban J connectivity index is 1.57. The molecule has 0 bridgehead atoms. The summed E-state index contributed by atoms with van der Waals surface area (Å²) in [5.74, 6) is 0. The van der Waals surface area contributed by atoms with E-state index < -0.39 is 64.6 Å². The second kappa shape index (κ2) is 8.62. The van der Waals surface area contributed by atoms with Crippen molar-refractivity contribution in [2.45, 2.75) is 105 Å². The first-order valence-corrected chi connectivity index (χ1v) is 42.6. The number of rotatable bonds is 0. The third-order valence-corrected chi connectivity index (χ3v) is 45.6. The van der Waals surface area contributed by atoms with Crippen molar-refractivity contribution in [3.63, 3.8) is 0 Å². The SMILES string of the molecule is C[Si]1(C)c2cc3c4cc2[Si](C)(C)c2cc5c(cc21)[Si](C)(C)c1cc2c(cc1[Si]5(C)C)[Si](C)(C)c1cc(c(cc1[Si]2(C)C)[Si]3(C)C)[Si]4(C)C. The number of hydrogen-bond acceptors (Lipinski definition) is 0. The molecule has 0 spiro atoms. The predicted molar refractivity (Wildman–Crippen MR) is 240 cm³/mol. The van der Waals surface area contributed by atoms with Gasteiger partial charge < -0.3 is 0 Å². The molecule has 4 aromatic rings. The van der Waals surface area contributed by atoms with E-state index in [4.69, 9.17) is 0 Å². The zero-order valence-electron chi connectivity index (χ0n) is 32.6. The van der Waals surface area contributed by atoms with E-state index in [9.17, 15) is 0 Å². The first-order valence-electron chi connectivity index (χ1n) is 18.6. The maximum atomic E-state index is 2.91. The van der Waals surface area contributed by atoms with Gasteiger partial charge in [-0.05, 0) is 0 Å². The van der Waals surface area contributed by atoms with Crippen LogP contribution in [0.25, 0.3) is 0 Å². The van der Waals surface area contributed by atoms with Gasteiger partial charge in [0.1, 0.15) is 64.6 Å². The summed E-state index contributed by atoms with van der Waals surface area (Å²) in [5, 5.41) is 29.0. The van der Waals surface area contributed by atoms with Gasteiger partial charge in [-0.2, -0.15) is 0 Å². The lowest BCUT2D eigenvalue weighted by Crippen LogP contribution is -2.88. The van der Waals surface area contributed by atoms with Crippen molar-refractivity contribution in [2.24, 2.45) is 0 Å². The highest BCUT2D eigenvalue weighted by Crippen LogP contribution is 2.24. The van der Waals surface area contributed by atoms with Gasteiger partial charge >= 0.3 is 0 Å². The lowest BCUT2D eigenvalue weighted by Gasteiger charge is -2.52. The van der Waals surface area contributed by atoms with Crippen LogP contribution in [0.15, 0.2) is 48.5 Å². The van der Waals surface area contributed by atoms with Gasteiger partial charge in [0.15, 0.2) is 0 Å². The van der Waals surface area contributed by atoms with Crippen LogP contribution in [0.5, 0.6) is 0 Å². The molecule has 48 heavy (non-hydrogen) atoms. The van der Waals surface area contributed by atoms with E-state index in [0.717, 1.165) is 0 Å². The summed E-state index contributed by atoms with van der Waals surface area (Å²) >= 11 is 0. The van der Waals surface area contributed by atoms with Crippen LogP contribution in [0.4, 0.5) is 0 Å². The van der Waals surface area contributed by atoms with Crippen molar-refractivity contribution in [1.82, 2.24) is 0 Å². The molecule has 4 heterocycles. The Kier molecular flexibility index (Phi) is 5.84. The number of benzene rings is 4. The van der Waals surface area contributed by atoms with Crippen LogP contribution in [0.3, 0.4) is 0 Å². The van der Waals surface area contributed by atoms with E-state index in [2.05, 4.69) is 153 Å². The third-order valence-electron chi connectivity index (χ3n) is 15.4. The molecule has 4 aliphatic rings. The van der Waals surface area contributed by atoms with E-state index in [-0.39, 0.29) is 0 Å². The average Bonchev–Trinajstić information content (AvgIpc) is 2.99. The van der Waals surface area contributed by atoms with Crippen molar-refractivity contribution < 1.29 is 0 Å². The summed E-state index contributed by atoms with van der Waals surface area (Å²) in [4.78, 5) is 0. The van der Waals surface area contributed by atoms with Gasteiger partial charge in [-0.25, -0.2) is 0 Å². The normalized spacial score (nSPS) is 24.3. The maximum Gasteiger partial charge on any atom is 0.111 e. The molecule has 4 aromatic carbocycles. The van der Waals surface area contributed by atoms with Crippen molar-refractivity contribution in [1.29, 1.82) is 0 Å². The Bertz CT molecular complexity index is 1650. The molecular formula is C40H56Si8.